The van der Waals surface area contributed by atoms with Crippen LogP contribution in [0, 0.1) is 5.92 Å². The average Bonchev–Trinajstić information content (AvgIpc) is 2.16. The van der Waals surface area contributed by atoms with Crippen molar-refractivity contribution in [3.63, 3.8) is 0 Å². The van der Waals surface area contributed by atoms with Crippen molar-refractivity contribution in [3.8, 4) is 0 Å². The molecule has 0 radical (unpaired) electrons. The van der Waals surface area contributed by atoms with E-state index in [1.54, 1.807) is 0 Å². The Morgan fingerprint density at radius 2 is 2.31 bits per heavy atom. The van der Waals surface area contributed by atoms with Gasteiger partial charge in [-0.25, -0.2) is 0 Å². The van der Waals surface area contributed by atoms with E-state index in [9.17, 15) is 9.90 Å². The number of aliphatic carboxylic acids is 1. The summed E-state index contributed by atoms with van der Waals surface area (Å²) in [6.45, 7) is 3.44. The van der Waals surface area contributed by atoms with E-state index in [1.165, 1.54) is 6.42 Å². The monoisotopic (exact) mass is 229 g/mol. The highest BCUT2D eigenvalue weighted by Crippen LogP contribution is 2.31. The molecule has 3 N–H and O–H groups in total. The molecule has 0 heterocycles. The predicted molar refractivity (Wildman–Crippen MR) is 62.3 cm³/mol. The fourth-order valence-electron chi connectivity index (χ4n) is 2.48. The largest absolute Gasteiger partial charge is 0.481 e. The molecule has 94 valence electrons. The minimum atomic E-state index is -0.758. The van der Waals surface area contributed by atoms with Crippen molar-refractivity contribution >= 4 is 5.97 Å². The molecule has 1 fully saturated rings. The van der Waals surface area contributed by atoms with Gasteiger partial charge in [-0.15, -0.1) is 0 Å². The van der Waals surface area contributed by atoms with Crippen LogP contribution in [0.2, 0.25) is 0 Å². The Morgan fingerprint density at radius 3 is 2.94 bits per heavy atom. The molecule has 0 bridgehead atoms. The molecule has 1 saturated carbocycles. The van der Waals surface area contributed by atoms with Gasteiger partial charge in [-0.3, -0.25) is 4.79 Å². The Kier molecular flexibility index (Phi) is 5.22. The van der Waals surface area contributed by atoms with Crippen LogP contribution in [0.25, 0.3) is 0 Å². The summed E-state index contributed by atoms with van der Waals surface area (Å²) in [5.41, 5.74) is -0.569. The summed E-state index contributed by atoms with van der Waals surface area (Å²) >= 11 is 0. The highest BCUT2D eigenvalue weighted by atomic mass is 16.4. The van der Waals surface area contributed by atoms with Crippen LogP contribution >= 0.6 is 0 Å². The summed E-state index contributed by atoms with van der Waals surface area (Å²) in [5, 5.41) is 21.9. The third-order valence-electron chi connectivity index (χ3n) is 3.27. The summed E-state index contributed by atoms with van der Waals surface area (Å²) in [5.74, 6) is -0.161. The normalized spacial score (nSPS) is 30.2. The maximum atomic E-state index is 10.3. The first kappa shape index (κ1) is 13.5. The molecule has 0 aromatic heterocycles. The highest BCUT2D eigenvalue weighted by molar-refractivity contribution is 5.66. The van der Waals surface area contributed by atoms with Gasteiger partial charge in [0.05, 0.1) is 5.60 Å². The highest BCUT2D eigenvalue weighted by Gasteiger charge is 2.31. The lowest BCUT2D eigenvalue weighted by Crippen LogP contribution is -2.44. The molecule has 0 amide bonds. The van der Waals surface area contributed by atoms with Crippen molar-refractivity contribution < 1.29 is 15.0 Å². The number of hydrogen-bond acceptors (Lipinski definition) is 3. The maximum Gasteiger partial charge on any atom is 0.303 e. The van der Waals surface area contributed by atoms with Gasteiger partial charge >= 0.3 is 5.97 Å². The van der Waals surface area contributed by atoms with Gasteiger partial charge in [0.25, 0.3) is 0 Å². The first-order valence-electron chi connectivity index (χ1n) is 6.17. The number of nitrogens with one attached hydrogen (secondary N) is 1. The molecule has 2 unspecified atom stereocenters. The summed E-state index contributed by atoms with van der Waals surface area (Å²) in [6.07, 6.45) is 4.85. The van der Waals surface area contributed by atoms with Gasteiger partial charge < -0.3 is 15.5 Å². The molecule has 0 saturated heterocycles. The smallest absolute Gasteiger partial charge is 0.303 e. The Bertz CT molecular complexity index is 232. The van der Waals surface area contributed by atoms with Crippen molar-refractivity contribution in [2.45, 2.75) is 51.0 Å². The minimum Gasteiger partial charge on any atom is -0.481 e. The lowest BCUT2D eigenvalue weighted by Gasteiger charge is -2.35. The zero-order valence-electron chi connectivity index (χ0n) is 10.0. The zero-order chi connectivity index (χ0) is 12.0. The van der Waals surface area contributed by atoms with Crippen molar-refractivity contribution in [3.05, 3.63) is 0 Å². The molecule has 1 aliphatic rings. The van der Waals surface area contributed by atoms with Gasteiger partial charge in [0, 0.05) is 13.0 Å². The van der Waals surface area contributed by atoms with Crippen LogP contribution in [-0.4, -0.2) is 34.9 Å². The third-order valence-corrected chi connectivity index (χ3v) is 3.27. The second-order valence-corrected chi connectivity index (χ2v) is 5.10. The van der Waals surface area contributed by atoms with Gasteiger partial charge in [-0.2, -0.15) is 0 Å². The van der Waals surface area contributed by atoms with E-state index in [0.717, 1.165) is 19.3 Å². The van der Waals surface area contributed by atoms with E-state index in [4.69, 9.17) is 5.11 Å². The van der Waals surface area contributed by atoms with E-state index >= 15 is 0 Å². The Morgan fingerprint density at radius 1 is 1.56 bits per heavy atom. The van der Waals surface area contributed by atoms with Gasteiger partial charge in [0.1, 0.15) is 0 Å². The van der Waals surface area contributed by atoms with Crippen molar-refractivity contribution in [1.29, 1.82) is 0 Å². The molecule has 0 spiro atoms. The number of hydrogen-bond donors (Lipinski definition) is 3. The molecule has 4 nitrogen and oxygen atoms in total. The van der Waals surface area contributed by atoms with Gasteiger partial charge in [0.15, 0.2) is 0 Å². The molecule has 1 rings (SSSR count). The SMILES string of the molecule is CC1CCCC(O)(CNCCCC(=O)O)C1. The average molecular weight is 229 g/mol. The summed E-state index contributed by atoms with van der Waals surface area (Å²) in [7, 11) is 0. The Labute approximate surface area is 97.0 Å². The van der Waals surface area contributed by atoms with Crippen molar-refractivity contribution in [2.75, 3.05) is 13.1 Å². The quantitative estimate of drug-likeness (QED) is 0.602. The second-order valence-electron chi connectivity index (χ2n) is 5.10. The number of aliphatic hydroxyl groups is 1. The van der Waals surface area contributed by atoms with E-state index in [-0.39, 0.29) is 6.42 Å². The molecule has 1 aliphatic carbocycles. The predicted octanol–water partition coefficient (Wildman–Crippen LogP) is 1.38. The molecular weight excluding hydrogens is 206 g/mol. The Balaban J connectivity index is 2.13. The van der Waals surface area contributed by atoms with E-state index in [1.807, 2.05) is 0 Å². The van der Waals surface area contributed by atoms with Crippen LogP contribution in [0.3, 0.4) is 0 Å². The van der Waals surface area contributed by atoms with Crippen LogP contribution < -0.4 is 5.32 Å². The van der Waals surface area contributed by atoms with Crippen LogP contribution in [0.15, 0.2) is 0 Å². The van der Waals surface area contributed by atoms with Crippen LogP contribution in [0.1, 0.15) is 45.4 Å². The summed E-state index contributed by atoms with van der Waals surface area (Å²) in [4.78, 5) is 10.3. The van der Waals surface area contributed by atoms with Gasteiger partial charge in [0.2, 0.25) is 0 Å². The number of carbonyl (C=O) groups is 1. The maximum absolute atomic E-state index is 10.3. The molecular formula is C12H23NO3. The lowest BCUT2D eigenvalue weighted by molar-refractivity contribution is -0.137. The molecule has 2 atom stereocenters. The fraction of sp³-hybridized carbons (Fsp3) is 0.917. The van der Waals surface area contributed by atoms with Crippen molar-refractivity contribution in [2.24, 2.45) is 5.92 Å². The van der Waals surface area contributed by atoms with Crippen LogP contribution in [0.5, 0.6) is 0 Å². The summed E-state index contributed by atoms with van der Waals surface area (Å²) < 4.78 is 0. The fourth-order valence-corrected chi connectivity index (χ4v) is 2.48. The van der Waals surface area contributed by atoms with Gasteiger partial charge in [-0.1, -0.05) is 19.8 Å². The summed E-state index contributed by atoms with van der Waals surface area (Å²) in [6, 6.07) is 0. The van der Waals surface area contributed by atoms with Crippen LogP contribution in [-0.2, 0) is 4.79 Å². The molecule has 0 aromatic rings. The minimum absolute atomic E-state index is 0.196. The molecule has 16 heavy (non-hydrogen) atoms. The van der Waals surface area contributed by atoms with E-state index < -0.39 is 11.6 Å². The number of rotatable bonds is 6. The van der Waals surface area contributed by atoms with Gasteiger partial charge in [-0.05, 0) is 31.7 Å². The van der Waals surface area contributed by atoms with E-state index in [0.29, 0.717) is 25.4 Å². The zero-order valence-corrected chi connectivity index (χ0v) is 10.0. The number of carboxylic acids is 1. The van der Waals surface area contributed by atoms with Crippen molar-refractivity contribution in [1.82, 2.24) is 5.32 Å². The number of carboxylic acid groups (broad SMARTS) is 1. The molecule has 0 aromatic carbocycles. The second kappa shape index (κ2) is 6.21. The molecule has 4 heteroatoms. The third kappa shape index (κ3) is 4.94. The molecule has 0 aliphatic heterocycles. The Hall–Kier alpha value is -0.610. The first-order valence-corrected chi connectivity index (χ1v) is 6.17. The first-order chi connectivity index (χ1) is 7.52. The van der Waals surface area contributed by atoms with Crippen LogP contribution in [0.4, 0.5) is 0 Å². The van der Waals surface area contributed by atoms with E-state index in [2.05, 4.69) is 12.2 Å². The standard InChI is InChI=1S/C12H23NO3/c1-10-4-2-6-12(16,8-10)9-13-7-3-5-11(14)15/h10,13,16H,2-9H2,1H3,(H,14,15). The topological polar surface area (TPSA) is 69.6 Å². The lowest BCUT2D eigenvalue weighted by atomic mass is 9.79.